The molecule has 0 aliphatic carbocycles. The molecule has 0 spiro atoms. The summed E-state index contributed by atoms with van der Waals surface area (Å²) in [4.78, 5) is 14.3. The number of halogens is 4. The molecule has 1 aromatic heterocycles. The van der Waals surface area contributed by atoms with Gasteiger partial charge in [-0.2, -0.15) is 13.2 Å². The van der Waals surface area contributed by atoms with Crippen LogP contribution in [0.4, 0.5) is 18.9 Å². The maximum absolute atomic E-state index is 12.9. The first-order valence-corrected chi connectivity index (χ1v) is 7.21. The second-order valence-corrected chi connectivity index (χ2v) is 5.42. The average molecular weight is 369 g/mol. The fourth-order valence-corrected chi connectivity index (χ4v) is 2.49. The summed E-state index contributed by atoms with van der Waals surface area (Å²) in [5, 5.41) is 11.1. The lowest BCUT2D eigenvalue weighted by molar-refractivity contribution is -0.385. The largest absolute Gasteiger partial charge is 0.450 e. The van der Waals surface area contributed by atoms with E-state index in [1.54, 1.807) is 30.5 Å². The standard InChI is InChI=1S/C16H8ClF3N2O3/c17-12-8-15(14(22(23)24)7-11(12)16(18,19)20)25-10-3-4-13-9(6-10)2-1-5-21-13/h1-8H. The lowest BCUT2D eigenvalue weighted by Gasteiger charge is -2.12. The summed E-state index contributed by atoms with van der Waals surface area (Å²) in [6.45, 7) is 0. The number of hydrogen-bond acceptors (Lipinski definition) is 4. The maximum atomic E-state index is 12.9. The summed E-state index contributed by atoms with van der Waals surface area (Å²) in [6, 6.07) is 9.30. The van der Waals surface area contributed by atoms with Crippen molar-refractivity contribution in [3.05, 3.63) is 69.4 Å². The summed E-state index contributed by atoms with van der Waals surface area (Å²) in [5.74, 6) is -0.175. The highest BCUT2D eigenvalue weighted by Crippen LogP contribution is 2.42. The van der Waals surface area contributed by atoms with Gasteiger partial charge in [-0.25, -0.2) is 0 Å². The lowest BCUT2D eigenvalue weighted by atomic mass is 10.1. The summed E-state index contributed by atoms with van der Waals surface area (Å²) < 4.78 is 44.0. The van der Waals surface area contributed by atoms with E-state index in [4.69, 9.17) is 16.3 Å². The summed E-state index contributed by atoms with van der Waals surface area (Å²) in [7, 11) is 0. The van der Waals surface area contributed by atoms with Crippen LogP contribution in [0.2, 0.25) is 5.02 Å². The number of rotatable bonds is 3. The Morgan fingerprint density at radius 2 is 1.92 bits per heavy atom. The van der Waals surface area contributed by atoms with Crippen LogP contribution in [0.25, 0.3) is 10.9 Å². The van der Waals surface area contributed by atoms with Crippen molar-refractivity contribution in [1.82, 2.24) is 4.98 Å². The van der Waals surface area contributed by atoms with Crippen LogP contribution >= 0.6 is 11.6 Å². The molecule has 128 valence electrons. The van der Waals surface area contributed by atoms with Gasteiger partial charge in [0.2, 0.25) is 5.75 Å². The van der Waals surface area contributed by atoms with Crippen molar-refractivity contribution >= 4 is 28.2 Å². The molecule has 0 bridgehead atoms. The van der Waals surface area contributed by atoms with Crippen molar-refractivity contribution in [3.63, 3.8) is 0 Å². The molecule has 0 aliphatic heterocycles. The molecule has 2 aromatic carbocycles. The Hall–Kier alpha value is -2.87. The van der Waals surface area contributed by atoms with E-state index >= 15 is 0 Å². The Bertz CT molecular complexity index is 976. The van der Waals surface area contributed by atoms with Gasteiger partial charge >= 0.3 is 11.9 Å². The summed E-state index contributed by atoms with van der Waals surface area (Å²) in [5.41, 5.74) is -1.45. The topological polar surface area (TPSA) is 65.3 Å². The third kappa shape index (κ3) is 3.48. The monoisotopic (exact) mass is 368 g/mol. The number of alkyl halides is 3. The molecule has 3 rings (SSSR count). The van der Waals surface area contributed by atoms with Gasteiger partial charge in [0.1, 0.15) is 5.75 Å². The molecule has 0 unspecified atom stereocenters. The molecule has 1 heterocycles. The molecule has 0 saturated carbocycles. The van der Waals surface area contributed by atoms with Crippen LogP contribution in [-0.2, 0) is 6.18 Å². The zero-order valence-electron chi connectivity index (χ0n) is 12.2. The molecule has 0 atom stereocenters. The van der Waals surface area contributed by atoms with E-state index < -0.39 is 27.4 Å². The van der Waals surface area contributed by atoms with Gasteiger partial charge in [0.15, 0.2) is 0 Å². The van der Waals surface area contributed by atoms with Crippen LogP contribution in [0.5, 0.6) is 11.5 Å². The molecule has 0 fully saturated rings. The van der Waals surface area contributed by atoms with Crippen LogP contribution in [0, 0.1) is 10.1 Å². The highest BCUT2D eigenvalue weighted by molar-refractivity contribution is 6.31. The van der Waals surface area contributed by atoms with Crippen LogP contribution in [-0.4, -0.2) is 9.91 Å². The van der Waals surface area contributed by atoms with Crippen molar-refractivity contribution in [1.29, 1.82) is 0 Å². The zero-order chi connectivity index (χ0) is 18.2. The predicted octanol–water partition coefficient (Wildman–Crippen LogP) is 5.61. The van der Waals surface area contributed by atoms with Gasteiger partial charge in [-0.3, -0.25) is 15.1 Å². The number of nitro benzene ring substituents is 1. The Balaban J connectivity index is 2.06. The van der Waals surface area contributed by atoms with Crippen molar-refractivity contribution in [3.8, 4) is 11.5 Å². The van der Waals surface area contributed by atoms with Gasteiger partial charge in [0.05, 0.1) is 21.0 Å². The molecule has 5 nitrogen and oxygen atoms in total. The van der Waals surface area contributed by atoms with Gasteiger partial charge in [0.25, 0.3) is 0 Å². The molecule has 0 N–H and O–H groups in total. The third-order valence-electron chi connectivity index (χ3n) is 3.35. The van der Waals surface area contributed by atoms with Crippen molar-refractivity contribution in [2.45, 2.75) is 6.18 Å². The normalized spacial score (nSPS) is 11.5. The lowest BCUT2D eigenvalue weighted by Crippen LogP contribution is -2.07. The average Bonchev–Trinajstić information content (AvgIpc) is 2.53. The maximum Gasteiger partial charge on any atom is 0.418 e. The van der Waals surface area contributed by atoms with E-state index in [1.807, 2.05) is 0 Å². The Morgan fingerprint density at radius 3 is 2.60 bits per heavy atom. The Kier molecular flexibility index (Phi) is 4.22. The Labute approximate surface area is 143 Å². The first kappa shape index (κ1) is 17.0. The predicted molar refractivity (Wildman–Crippen MR) is 84.9 cm³/mol. The highest BCUT2D eigenvalue weighted by Gasteiger charge is 2.36. The van der Waals surface area contributed by atoms with Gasteiger partial charge in [0, 0.05) is 23.7 Å². The molecular formula is C16H8ClF3N2O3. The smallest absolute Gasteiger partial charge is 0.418 e. The number of ether oxygens (including phenoxy) is 1. The quantitative estimate of drug-likeness (QED) is 0.445. The number of nitro groups is 1. The van der Waals surface area contributed by atoms with Crippen molar-refractivity contribution in [2.75, 3.05) is 0 Å². The number of hydrogen-bond donors (Lipinski definition) is 0. The second kappa shape index (κ2) is 6.21. The zero-order valence-corrected chi connectivity index (χ0v) is 13.0. The highest BCUT2D eigenvalue weighted by atomic mass is 35.5. The number of aromatic nitrogens is 1. The Morgan fingerprint density at radius 1 is 1.16 bits per heavy atom. The fraction of sp³-hybridized carbons (Fsp3) is 0.0625. The van der Waals surface area contributed by atoms with E-state index in [2.05, 4.69) is 4.98 Å². The van der Waals surface area contributed by atoms with Crippen LogP contribution < -0.4 is 4.74 Å². The minimum Gasteiger partial charge on any atom is -0.450 e. The van der Waals surface area contributed by atoms with Gasteiger partial charge in [-0.1, -0.05) is 17.7 Å². The molecule has 0 amide bonds. The molecule has 3 aromatic rings. The SMILES string of the molecule is O=[N+]([O-])c1cc(C(F)(F)F)c(Cl)cc1Oc1ccc2ncccc2c1. The first-order valence-electron chi connectivity index (χ1n) is 6.83. The van der Waals surface area contributed by atoms with E-state index in [0.717, 1.165) is 6.07 Å². The second-order valence-electron chi connectivity index (χ2n) is 5.01. The van der Waals surface area contributed by atoms with E-state index in [-0.39, 0.29) is 11.5 Å². The molecular weight excluding hydrogens is 361 g/mol. The molecule has 0 radical (unpaired) electrons. The fourth-order valence-electron chi connectivity index (χ4n) is 2.23. The number of nitrogens with zero attached hydrogens (tertiary/aromatic N) is 2. The van der Waals surface area contributed by atoms with E-state index in [9.17, 15) is 23.3 Å². The number of fused-ring (bicyclic) bond motifs is 1. The van der Waals surface area contributed by atoms with Gasteiger partial charge in [-0.05, 0) is 24.3 Å². The van der Waals surface area contributed by atoms with E-state index in [0.29, 0.717) is 17.0 Å². The van der Waals surface area contributed by atoms with Crippen LogP contribution in [0.3, 0.4) is 0 Å². The summed E-state index contributed by atoms with van der Waals surface area (Å²) in [6.07, 6.45) is -3.21. The van der Waals surface area contributed by atoms with Crippen LogP contribution in [0.15, 0.2) is 48.7 Å². The number of benzene rings is 2. The number of pyridine rings is 1. The first-order chi connectivity index (χ1) is 11.8. The molecule has 25 heavy (non-hydrogen) atoms. The van der Waals surface area contributed by atoms with E-state index in [1.165, 1.54) is 6.07 Å². The minimum absolute atomic E-state index is 0.208. The van der Waals surface area contributed by atoms with Crippen molar-refractivity contribution < 1.29 is 22.8 Å². The molecule has 0 saturated heterocycles. The summed E-state index contributed by atoms with van der Waals surface area (Å²) >= 11 is 5.62. The third-order valence-corrected chi connectivity index (χ3v) is 3.67. The molecule has 0 aliphatic rings. The minimum atomic E-state index is -4.81. The van der Waals surface area contributed by atoms with Crippen molar-refractivity contribution in [2.24, 2.45) is 0 Å². The van der Waals surface area contributed by atoms with Gasteiger partial charge in [-0.15, -0.1) is 0 Å². The van der Waals surface area contributed by atoms with Crippen LogP contribution in [0.1, 0.15) is 5.56 Å². The molecule has 9 heteroatoms. The van der Waals surface area contributed by atoms with Gasteiger partial charge < -0.3 is 4.74 Å².